The standard InChI is InChI=1S/C12H15N3O3/c1-3-10-13-11(4-2)15(14-10)7-8-5-6-9(18-8)12(16)17/h5-6H,3-4,7H2,1-2H3,(H,16,17). The number of aryl methyl sites for hydroxylation is 2. The van der Waals surface area contributed by atoms with Gasteiger partial charge in [0.1, 0.15) is 18.1 Å². The number of carboxylic acids is 1. The number of nitrogens with zero attached hydrogens (tertiary/aromatic N) is 3. The highest BCUT2D eigenvalue weighted by Crippen LogP contribution is 2.11. The zero-order valence-electron chi connectivity index (χ0n) is 10.4. The van der Waals surface area contributed by atoms with Crippen LogP contribution >= 0.6 is 0 Å². The number of carboxylic acid groups (broad SMARTS) is 1. The molecule has 2 aromatic rings. The van der Waals surface area contributed by atoms with Crippen LogP contribution in [0, 0.1) is 0 Å². The van der Waals surface area contributed by atoms with Crippen LogP contribution in [0.1, 0.15) is 41.8 Å². The zero-order valence-corrected chi connectivity index (χ0v) is 10.4. The Morgan fingerprint density at radius 3 is 2.72 bits per heavy atom. The summed E-state index contributed by atoms with van der Waals surface area (Å²) in [5.74, 6) is 1.11. The summed E-state index contributed by atoms with van der Waals surface area (Å²) in [6.45, 7) is 4.41. The van der Waals surface area contributed by atoms with Gasteiger partial charge in [-0.25, -0.2) is 14.5 Å². The van der Waals surface area contributed by atoms with Crippen LogP contribution in [0.3, 0.4) is 0 Å². The number of furan rings is 1. The predicted molar refractivity (Wildman–Crippen MR) is 63.5 cm³/mol. The largest absolute Gasteiger partial charge is 0.475 e. The summed E-state index contributed by atoms with van der Waals surface area (Å²) in [5, 5.41) is 13.1. The molecule has 0 spiro atoms. The Bertz CT molecular complexity index is 557. The molecule has 0 fully saturated rings. The van der Waals surface area contributed by atoms with Crippen LogP contribution in [-0.4, -0.2) is 25.8 Å². The molecule has 0 aliphatic heterocycles. The third kappa shape index (κ3) is 2.42. The van der Waals surface area contributed by atoms with Gasteiger partial charge in [-0.15, -0.1) is 0 Å². The average molecular weight is 249 g/mol. The van der Waals surface area contributed by atoms with E-state index >= 15 is 0 Å². The van der Waals surface area contributed by atoms with Crippen molar-refractivity contribution in [2.24, 2.45) is 0 Å². The van der Waals surface area contributed by atoms with E-state index in [2.05, 4.69) is 10.1 Å². The number of aromatic nitrogens is 3. The van der Waals surface area contributed by atoms with Crippen molar-refractivity contribution in [3.05, 3.63) is 35.3 Å². The van der Waals surface area contributed by atoms with Crippen LogP contribution in [0.2, 0.25) is 0 Å². The smallest absolute Gasteiger partial charge is 0.371 e. The SMILES string of the molecule is CCc1nc(CC)n(Cc2ccc(C(=O)O)o2)n1. The summed E-state index contributed by atoms with van der Waals surface area (Å²) in [6.07, 6.45) is 1.55. The maximum absolute atomic E-state index is 10.7. The van der Waals surface area contributed by atoms with E-state index in [9.17, 15) is 4.79 Å². The molecule has 2 rings (SSSR count). The lowest BCUT2D eigenvalue weighted by Crippen LogP contribution is -2.05. The van der Waals surface area contributed by atoms with Crippen LogP contribution in [0.25, 0.3) is 0 Å². The van der Waals surface area contributed by atoms with E-state index in [1.165, 1.54) is 6.07 Å². The zero-order chi connectivity index (χ0) is 13.1. The number of carbonyl (C=O) groups is 1. The molecule has 0 aliphatic carbocycles. The molecule has 0 bridgehead atoms. The molecule has 2 aromatic heterocycles. The summed E-state index contributed by atoms with van der Waals surface area (Å²) in [4.78, 5) is 15.1. The normalized spacial score (nSPS) is 10.8. The molecule has 0 aromatic carbocycles. The molecule has 0 aliphatic rings. The van der Waals surface area contributed by atoms with E-state index in [-0.39, 0.29) is 5.76 Å². The molecule has 0 saturated heterocycles. The summed E-state index contributed by atoms with van der Waals surface area (Å²) < 4.78 is 6.96. The van der Waals surface area contributed by atoms with Crippen LogP contribution in [0.15, 0.2) is 16.5 Å². The summed E-state index contributed by atoms with van der Waals surface area (Å²) in [6, 6.07) is 3.09. The lowest BCUT2D eigenvalue weighted by molar-refractivity contribution is 0.0660. The molecule has 0 atom stereocenters. The van der Waals surface area contributed by atoms with Crippen molar-refractivity contribution in [2.45, 2.75) is 33.2 Å². The highest BCUT2D eigenvalue weighted by Gasteiger charge is 2.12. The Morgan fingerprint density at radius 2 is 2.17 bits per heavy atom. The Kier molecular flexibility index (Phi) is 3.45. The van der Waals surface area contributed by atoms with Crippen LogP contribution in [0.4, 0.5) is 0 Å². The van der Waals surface area contributed by atoms with E-state index in [1.807, 2.05) is 13.8 Å². The molecule has 1 N–H and O–H groups in total. The molecule has 96 valence electrons. The average Bonchev–Trinajstić information content (AvgIpc) is 2.96. The molecule has 0 unspecified atom stereocenters. The number of hydrogen-bond acceptors (Lipinski definition) is 4. The molecular formula is C12H15N3O3. The van der Waals surface area contributed by atoms with Crippen LogP contribution < -0.4 is 0 Å². The highest BCUT2D eigenvalue weighted by atomic mass is 16.4. The van der Waals surface area contributed by atoms with Gasteiger partial charge >= 0.3 is 5.97 Å². The minimum absolute atomic E-state index is 0.0566. The fraction of sp³-hybridized carbons (Fsp3) is 0.417. The van der Waals surface area contributed by atoms with Crippen molar-refractivity contribution < 1.29 is 14.3 Å². The first-order valence-corrected chi connectivity index (χ1v) is 5.88. The van der Waals surface area contributed by atoms with Crippen molar-refractivity contribution in [1.29, 1.82) is 0 Å². The van der Waals surface area contributed by atoms with Crippen LogP contribution in [0.5, 0.6) is 0 Å². The van der Waals surface area contributed by atoms with E-state index in [1.54, 1.807) is 10.7 Å². The van der Waals surface area contributed by atoms with Gasteiger partial charge in [-0.05, 0) is 12.1 Å². The first kappa shape index (κ1) is 12.3. The van der Waals surface area contributed by atoms with E-state index in [0.717, 1.165) is 24.5 Å². The number of rotatable bonds is 5. The fourth-order valence-electron chi connectivity index (χ4n) is 1.69. The second-order valence-corrected chi connectivity index (χ2v) is 3.88. The van der Waals surface area contributed by atoms with Gasteiger partial charge < -0.3 is 9.52 Å². The van der Waals surface area contributed by atoms with Gasteiger partial charge in [-0.3, -0.25) is 0 Å². The quantitative estimate of drug-likeness (QED) is 0.872. The summed E-state index contributed by atoms with van der Waals surface area (Å²) >= 11 is 0. The molecule has 0 amide bonds. The van der Waals surface area contributed by atoms with Crippen molar-refractivity contribution in [2.75, 3.05) is 0 Å². The molecule has 6 heteroatoms. The van der Waals surface area contributed by atoms with Gasteiger partial charge in [0.25, 0.3) is 0 Å². The van der Waals surface area contributed by atoms with Crippen molar-refractivity contribution in [1.82, 2.24) is 14.8 Å². The minimum Gasteiger partial charge on any atom is -0.475 e. The lowest BCUT2D eigenvalue weighted by Gasteiger charge is -2.01. The van der Waals surface area contributed by atoms with Gasteiger partial charge in [0, 0.05) is 12.8 Å². The lowest BCUT2D eigenvalue weighted by atomic mass is 10.4. The highest BCUT2D eigenvalue weighted by molar-refractivity contribution is 5.84. The van der Waals surface area contributed by atoms with E-state index in [0.29, 0.717) is 12.3 Å². The van der Waals surface area contributed by atoms with E-state index in [4.69, 9.17) is 9.52 Å². The number of aromatic carboxylic acids is 1. The van der Waals surface area contributed by atoms with Crippen molar-refractivity contribution >= 4 is 5.97 Å². The Hall–Kier alpha value is -2.11. The summed E-state index contributed by atoms with van der Waals surface area (Å²) in [5.41, 5.74) is 0. The van der Waals surface area contributed by atoms with Gasteiger partial charge in [0.05, 0.1) is 0 Å². The minimum atomic E-state index is -1.06. The first-order chi connectivity index (χ1) is 8.63. The molecular weight excluding hydrogens is 234 g/mol. The Morgan fingerprint density at radius 1 is 1.39 bits per heavy atom. The van der Waals surface area contributed by atoms with Crippen molar-refractivity contribution in [3.8, 4) is 0 Å². The molecule has 6 nitrogen and oxygen atoms in total. The third-order valence-electron chi connectivity index (χ3n) is 2.60. The maximum Gasteiger partial charge on any atom is 0.371 e. The van der Waals surface area contributed by atoms with Gasteiger partial charge in [0.2, 0.25) is 5.76 Å². The second-order valence-electron chi connectivity index (χ2n) is 3.88. The fourth-order valence-corrected chi connectivity index (χ4v) is 1.69. The van der Waals surface area contributed by atoms with Crippen molar-refractivity contribution in [3.63, 3.8) is 0 Å². The molecule has 0 saturated carbocycles. The van der Waals surface area contributed by atoms with E-state index < -0.39 is 5.97 Å². The number of hydrogen-bond donors (Lipinski definition) is 1. The molecule has 0 radical (unpaired) electrons. The monoisotopic (exact) mass is 249 g/mol. The molecule has 2 heterocycles. The predicted octanol–water partition coefficient (Wildman–Crippen LogP) is 1.74. The second kappa shape index (κ2) is 5.03. The third-order valence-corrected chi connectivity index (χ3v) is 2.60. The van der Waals surface area contributed by atoms with Crippen LogP contribution in [-0.2, 0) is 19.4 Å². The Labute approximate surface area is 104 Å². The van der Waals surface area contributed by atoms with Gasteiger partial charge in [0.15, 0.2) is 5.82 Å². The molecule has 18 heavy (non-hydrogen) atoms. The summed E-state index contributed by atoms with van der Waals surface area (Å²) in [7, 11) is 0. The maximum atomic E-state index is 10.7. The topological polar surface area (TPSA) is 81.2 Å². The van der Waals surface area contributed by atoms with Gasteiger partial charge in [-0.2, -0.15) is 5.10 Å². The van der Waals surface area contributed by atoms with Gasteiger partial charge in [-0.1, -0.05) is 13.8 Å². The first-order valence-electron chi connectivity index (χ1n) is 5.88. The Balaban J connectivity index is 2.21.